The Kier molecular flexibility index (Phi) is 4.14. The molecule has 1 fully saturated rings. The van der Waals surface area contributed by atoms with E-state index in [1.807, 2.05) is 38.1 Å². The molecular formula is C15H21BO3. The molecule has 1 aromatic carbocycles. The van der Waals surface area contributed by atoms with Gasteiger partial charge in [0, 0.05) is 6.32 Å². The third-order valence-electron chi connectivity index (χ3n) is 3.60. The van der Waals surface area contributed by atoms with Crippen molar-refractivity contribution in [3.63, 3.8) is 0 Å². The fourth-order valence-electron chi connectivity index (χ4n) is 2.00. The lowest BCUT2D eigenvalue weighted by Gasteiger charge is -2.30. The van der Waals surface area contributed by atoms with E-state index in [0.717, 1.165) is 6.42 Å². The molecule has 0 aromatic heterocycles. The van der Waals surface area contributed by atoms with Gasteiger partial charge in [0.25, 0.3) is 0 Å². The molecule has 1 atom stereocenters. The van der Waals surface area contributed by atoms with Gasteiger partial charge in [-0.25, -0.2) is 0 Å². The summed E-state index contributed by atoms with van der Waals surface area (Å²) in [6, 6.07) is 10.3. The molecule has 1 aliphatic rings. The van der Waals surface area contributed by atoms with Crippen molar-refractivity contribution in [3.8, 4) is 0 Å². The average molecular weight is 260 g/mol. The van der Waals surface area contributed by atoms with Gasteiger partial charge in [0.1, 0.15) is 5.60 Å². The number of hydrogen-bond donors (Lipinski definition) is 1. The van der Waals surface area contributed by atoms with Crippen molar-refractivity contribution in [2.24, 2.45) is 0 Å². The number of allylic oxidation sites excluding steroid dienone is 2. The van der Waals surface area contributed by atoms with Crippen molar-refractivity contribution in [2.75, 3.05) is 0 Å². The van der Waals surface area contributed by atoms with E-state index in [1.54, 1.807) is 6.92 Å². The van der Waals surface area contributed by atoms with Crippen LogP contribution in [-0.4, -0.2) is 23.6 Å². The van der Waals surface area contributed by atoms with Gasteiger partial charge in [-0.15, -0.1) is 0 Å². The lowest BCUT2D eigenvalue weighted by molar-refractivity contribution is -0.176. The second-order valence-corrected chi connectivity index (χ2v) is 5.56. The minimum absolute atomic E-state index is 0.378. The van der Waals surface area contributed by atoms with Gasteiger partial charge in [0.15, 0.2) is 5.79 Å². The Balaban J connectivity index is 1.81. The first kappa shape index (κ1) is 14.3. The van der Waals surface area contributed by atoms with Crippen molar-refractivity contribution >= 4 is 7.12 Å². The van der Waals surface area contributed by atoms with Crippen LogP contribution in [0.4, 0.5) is 0 Å². The second kappa shape index (κ2) is 5.49. The fraction of sp³-hybridized carbons (Fsp3) is 0.467. The molecule has 102 valence electrons. The molecule has 1 N–H and O–H groups in total. The van der Waals surface area contributed by atoms with Gasteiger partial charge in [-0.3, -0.25) is 0 Å². The van der Waals surface area contributed by atoms with E-state index in [4.69, 9.17) is 9.31 Å². The molecule has 1 heterocycles. The third kappa shape index (κ3) is 3.47. The van der Waals surface area contributed by atoms with E-state index < -0.39 is 11.4 Å². The number of benzene rings is 1. The molecular weight excluding hydrogens is 239 g/mol. The molecule has 2 rings (SSSR count). The summed E-state index contributed by atoms with van der Waals surface area (Å²) < 4.78 is 11.2. The van der Waals surface area contributed by atoms with Crippen LogP contribution in [0, 0.1) is 0 Å². The largest absolute Gasteiger partial charge is 0.463 e. The summed E-state index contributed by atoms with van der Waals surface area (Å²) >= 11 is 0. The third-order valence-corrected chi connectivity index (χ3v) is 3.60. The standard InChI is InChI=1S/C15H21BO3/c1-14(2)15(3,17)19-16(18-14)12-8-7-11-13-9-5-4-6-10-13/h4-10,17H,11-12H2,1-3H3/b8-7-. The minimum atomic E-state index is -1.23. The van der Waals surface area contributed by atoms with Crippen LogP contribution < -0.4 is 0 Å². The van der Waals surface area contributed by atoms with Crippen LogP contribution in [0.1, 0.15) is 26.3 Å². The quantitative estimate of drug-likeness (QED) is 0.668. The Morgan fingerprint density at radius 2 is 1.79 bits per heavy atom. The Labute approximate surface area is 115 Å². The smallest absolute Gasteiger partial charge is 0.400 e. The Morgan fingerprint density at radius 3 is 2.37 bits per heavy atom. The first-order valence-corrected chi connectivity index (χ1v) is 6.68. The summed E-state index contributed by atoms with van der Waals surface area (Å²) in [6.45, 7) is 5.31. The van der Waals surface area contributed by atoms with Gasteiger partial charge < -0.3 is 14.4 Å². The van der Waals surface area contributed by atoms with E-state index >= 15 is 0 Å². The van der Waals surface area contributed by atoms with Crippen LogP contribution in [0.3, 0.4) is 0 Å². The molecule has 4 heteroatoms. The molecule has 1 saturated heterocycles. The second-order valence-electron chi connectivity index (χ2n) is 5.56. The number of rotatable bonds is 4. The maximum absolute atomic E-state index is 10.1. The molecule has 0 aliphatic carbocycles. The monoisotopic (exact) mass is 260 g/mol. The van der Waals surface area contributed by atoms with Crippen molar-refractivity contribution in [1.82, 2.24) is 0 Å². The average Bonchev–Trinajstić information content (AvgIpc) is 2.55. The molecule has 1 aliphatic heterocycles. The SMILES string of the molecule is CC1(C)OB(C/C=C\Cc2ccccc2)OC1(C)O. The Morgan fingerprint density at radius 1 is 1.11 bits per heavy atom. The maximum Gasteiger partial charge on any atom is 0.463 e. The first-order chi connectivity index (χ1) is 8.91. The first-order valence-electron chi connectivity index (χ1n) is 6.68. The molecule has 1 aromatic rings. The normalized spacial score (nSPS) is 26.2. The predicted octanol–water partition coefficient (Wildman–Crippen LogP) is 2.81. The molecule has 0 radical (unpaired) electrons. The number of aliphatic hydroxyl groups is 1. The number of hydrogen-bond acceptors (Lipinski definition) is 3. The van der Waals surface area contributed by atoms with Gasteiger partial charge in [0.2, 0.25) is 0 Å². The van der Waals surface area contributed by atoms with Gasteiger partial charge in [-0.05, 0) is 32.8 Å². The molecule has 1 unspecified atom stereocenters. The lowest BCUT2D eigenvalue weighted by atomic mass is 9.85. The summed E-state index contributed by atoms with van der Waals surface area (Å²) in [5, 5.41) is 10.1. The molecule has 0 bridgehead atoms. The van der Waals surface area contributed by atoms with Gasteiger partial charge >= 0.3 is 7.12 Å². The highest BCUT2D eigenvalue weighted by atomic mass is 16.7. The van der Waals surface area contributed by atoms with Crippen LogP contribution in [0.25, 0.3) is 0 Å². The summed E-state index contributed by atoms with van der Waals surface area (Å²) in [5.41, 5.74) is 0.602. The van der Waals surface area contributed by atoms with Crippen LogP contribution in [-0.2, 0) is 15.7 Å². The molecule has 19 heavy (non-hydrogen) atoms. The van der Waals surface area contributed by atoms with Crippen LogP contribution >= 0.6 is 0 Å². The van der Waals surface area contributed by atoms with Crippen LogP contribution in [0.2, 0.25) is 6.32 Å². The van der Waals surface area contributed by atoms with E-state index in [1.165, 1.54) is 5.56 Å². The minimum Gasteiger partial charge on any atom is -0.400 e. The van der Waals surface area contributed by atoms with Crippen molar-refractivity contribution in [2.45, 2.75) is 44.9 Å². The topological polar surface area (TPSA) is 38.7 Å². The molecule has 3 nitrogen and oxygen atoms in total. The van der Waals surface area contributed by atoms with E-state index in [2.05, 4.69) is 18.2 Å². The zero-order valence-electron chi connectivity index (χ0n) is 11.8. The summed E-state index contributed by atoms with van der Waals surface area (Å²) in [4.78, 5) is 0. The Hall–Kier alpha value is -1.10. The highest BCUT2D eigenvalue weighted by Gasteiger charge is 2.52. The zero-order chi connectivity index (χ0) is 13.9. The summed E-state index contributed by atoms with van der Waals surface area (Å²) in [7, 11) is -0.378. The highest BCUT2D eigenvalue weighted by molar-refractivity contribution is 6.46. The van der Waals surface area contributed by atoms with Gasteiger partial charge in [-0.2, -0.15) is 0 Å². The highest BCUT2D eigenvalue weighted by Crippen LogP contribution is 2.35. The van der Waals surface area contributed by atoms with E-state index in [9.17, 15) is 5.11 Å². The van der Waals surface area contributed by atoms with Crippen molar-refractivity contribution < 1.29 is 14.4 Å². The molecule has 0 amide bonds. The maximum atomic E-state index is 10.1. The van der Waals surface area contributed by atoms with Crippen molar-refractivity contribution in [1.29, 1.82) is 0 Å². The molecule has 0 spiro atoms. The predicted molar refractivity (Wildman–Crippen MR) is 76.7 cm³/mol. The lowest BCUT2D eigenvalue weighted by Crippen LogP contribution is -2.44. The Bertz CT molecular complexity index is 424. The van der Waals surface area contributed by atoms with Gasteiger partial charge in [-0.1, -0.05) is 42.5 Å². The van der Waals surface area contributed by atoms with Crippen LogP contribution in [0.5, 0.6) is 0 Å². The fourth-order valence-corrected chi connectivity index (χ4v) is 2.00. The van der Waals surface area contributed by atoms with Crippen molar-refractivity contribution in [3.05, 3.63) is 48.0 Å². The molecule has 0 saturated carbocycles. The van der Waals surface area contributed by atoms with E-state index in [-0.39, 0.29) is 7.12 Å². The van der Waals surface area contributed by atoms with E-state index in [0.29, 0.717) is 6.32 Å². The summed E-state index contributed by atoms with van der Waals surface area (Å²) in [5.74, 6) is -1.23. The zero-order valence-corrected chi connectivity index (χ0v) is 11.8. The summed E-state index contributed by atoms with van der Waals surface area (Å²) in [6.07, 6.45) is 5.68. The van der Waals surface area contributed by atoms with Crippen LogP contribution in [0.15, 0.2) is 42.5 Å². The van der Waals surface area contributed by atoms with Gasteiger partial charge in [0.05, 0.1) is 0 Å².